The number of hydrogen-bond donors (Lipinski definition) is 1. The van der Waals surface area contributed by atoms with E-state index in [4.69, 9.17) is 0 Å². The van der Waals surface area contributed by atoms with Gasteiger partial charge in [-0.25, -0.2) is 8.78 Å². The molecule has 3 heteroatoms. The summed E-state index contributed by atoms with van der Waals surface area (Å²) in [6.07, 6.45) is 2.09. The first-order valence-electron chi connectivity index (χ1n) is 6.43. The molecule has 1 aliphatic carbocycles. The molecule has 1 aromatic carbocycles. The summed E-state index contributed by atoms with van der Waals surface area (Å²) in [5, 5.41) is 10.7. The molecule has 0 amide bonds. The molecule has 1 aliphatic rings. The SMILES string of the molecule is CC1CC(C)(C)CCC1(O)c1cccc(F)c1F. The fourth-order valence-corrected chi connectivity index (χ4v) is 3.11. The minimum Gasteiger partial charge on any atom is -0.385 e. The van der Waals surface area contributed by atoms with Gasteiger partial charge < -0.3 is 5.11 Å². The number of hydrogen-bond acceptors (Lipinski definition) is 1. The fourth-order valence-electron chi connectivity index (χ4n) is 3.11. The van der Waals surface area contributed by atoms with Crippen molar-refractivity contribution < 1.29 is 13.9 Å². The smallest absolute Gasteiger partial charge is 0.164 e. The van der Waals surface area contributed by atoms with E-state index in [0.29, 0.717) is 6.42 Å². The van der Waals surface area contributed by atoms with E-state index in [1.807, 2.05) is 6.92 Å². The molecule has 0 aliphatic heterocycles. The molecule has 1 N–H and O–H groups in total. The zero-order chi connectivity index (χ0) is 13.6. The summed E-state index contributed by atoms with van der Waals surface area (Å²) in [7, 11) is 0. The van der Waals surface area contributed by atoms with Gasteiger partial charge in [0, 0.05) is 5.56 Å². The van der Waals surface area contributed by atoms with Gasteiger partial charge >= 0.3 is 0 Å². The summed E-state index contributed by atoms with van der Waals surface area (Å²) in [4.78, 5) is 0. The Morgan fingerprint density at radius 2 is 1.89 bits per heavy atom. The largest absolute Gasteiger partial charge is 0.385 e. The Balaban J connectivity index is 2.40. The van der Waals surface area contributed by atoms with Gasteiger partial charge in [-0.2, -0.15) is 0 Å². The Labute approximate surface area is 107 Å². The highest BCUT2D eigenvalue weighted by molar-refractivity contribution is 5.27. The molecule has 0 spiro atoms. The molecule has 0 heterocycles. The summed E-state index contributed by atoms with van der Waals surface area (Å²) in [6.45, 7) is 6.20. The fraction of sp³-hybridized carbons (Fsp3) is 0.600. The highest BCUT2D eigenvalue weighted by Crippen LogP contribution is 2.49. The van der Waals surface area contributed by atoms with Crippen molar-refractivity contribution in [1.29, 1.82) is 0 Å². The van der Waals surface area contributed by atoms with E-state index in [1.54, 1.807) is 0 Å². The van der Waals surface area contributed by atoms with Crippen molar-refractivity contribution in [2.45, 2.75) is 45.6 Å². The second-order valence-corrected chi connectivity index (χ2v) is 6.30. The molecular weight excluding hydrogens is 234 g/mol. The van der Waals surface area contributed by atoms with Crippen LogP contribution >= 0.6 is 0 Å². The van der Waals surface area contributed by atoms with Crippen molar-refractivity contribution in [2.24, 2.45) is 11.3 Å². The van der Waals surface area contributed by atoms with Gasteiger partial charge in [0.25, 0.3) is 0 Å². The van der Waals surface area contributed by atoms with Crippen molar-refractivity contribution in [3.63, 3.8) is 0 Å². The molecule has 0 radical (unpaired) electrons. The van der Waals surface area contributed by atoms with E-state index in [0.717, 1.165) is 18.9 Å². The first kappa shape index (κ1) is 13.5. The van der Waals surface area contributed by atoms with E-state index in [2.05, 4.69) is 13.8 Å². The van der Waals surface area contributed by atoms with Crippen LogP contribution in [0.2, 0.25) is 0 Å². The van der Waals surface area contributed by atoms with Gasteiger partial charge in [-0.3, -0.25) is 0 Å². The van der Waals surface area contributed by atoms with Crippen LogP contribution in [-0.2, 0) is 5.60 Å². The Morgan fingerprint density at radius 1 is 1.22 bits per heavy atom. The number of rotatable bonds is 1. The third-order valence-corrected chi connectivity index (χ3v) is 4.27. The van der Waals surface area contributed by atoms with Crippen LogP contribution in [0.3, 0.4) is 0 Å². The van der Waals surface area contributed by atoms with Crippen molar-refractivity contribution in [3.8, 4) is 0 Å². The molecule has 0 saturated heterocycles. The highest BCUT2D eigenvalue weighted by Gasteiger charge is 2.45. The second-order valence-electron chi connectivity index (χ2n) is 6.30. The van der Waals surface area contributed by atoms with Gasteiger partial charge in [-0.05, 0) is 36.7 Å². The van der Waals surface area contributed by atoms with Crippen LogP contribution in [0.1, 0.15) is 45.6 Å². The predicted molar refractivity (Wildman–Crippen MR) is 67.1 cm³/mol. The minimum absolute atomic E-state index is 0.0856. The van der Waals surface area contributed by atoms with Crippen LogP contribution in [0.4, 0.5) is 8.78 Å². The number of aliphatic hydroxyl groups is 1. The lowest BCUT2D eigenvalue weighted by atomic mass is 9.63. The monoisotopic (exact) mass is 254 g/mol. The molecule has 2 rings (SSSR count). The lowest BCUT2D eigenvalue weighted by Crippen LogP contribution is -2.42. The summed E-state index contributed by atoms with van der Waals surface area (Å²) in [6, 6.07) is 4.03. The molecule has 1 saturated carbocycles. The van der Waals surface area contributed by atoms with Crippen LogP contribution in [0.25, 0.3) is 0 Å². The van der Waals surface area contributed by atoms with Crippen molar-refractivity contribution >= 4 is 0 Å². The molecule has 100 valence electrons. The summed E-state index contributed by atoms with van der Waals surface area (Å²) in [5.74, 6) is -1.89. The highest BCUT2D eigenvalue weighted by atomic mass is 19.2. The number of benzene rings is 1. The topological polar surface area (TPSA) is 20.2 Å². The van der Waals surface area contributed by atoms with E-state index >= 15 is 0 Å². The predicted octanol–water partition coefficient (Wildman–Crippen LogP) is 4.00. The van der Waals surface area contributed by atoms with Crippen LogP contribution in [-0.4, -0.2) is 5.11 Å². The molecule has 0 bridgehead atoms. The zero-order valence-electron chi connectivity index (χ0n) is 11.1. The van der Waals surface area contributed by atoms with Gasteiger partial charge in [0.1, 0.15) is 0 Å². The van der Waals surface area contributed by atoms with Crippen LogP contribution in [0, 0.1) is 23.0 Å². The summed E-state index contributed by atoms with van der Waals surface area (Å²) in [5.41, 5.74) is -0.998. The third kappa shape index (κ3) is 2.16. The molecule has 2 unspecified atom stereocenters. The quantitative estimate of drug-likeness (QED) is 0.803. The lowest BCUT2D eigenvalue weighted by molar-refractivity contribution is -0.0795. The molecule has 2 atom stereocenters. The van der Waals surface area contributed by atoms with Gasteiger partial charge in [-0.15, -0.1) is 0 Å². The van der Waals surface area contributed by atoms with Gasteiger partial charge in [0.15, 0.2) is 11.6 Å². The van der Waals surface area contributed by atoms with Crippen LogP contribution in [0.5, 0.6) is 0 Å². The van der Waals surface area contributed by atoms with Gasteiger partial charge in [0.2, 0.25) is 0 Å². The Kier molecular flexibility index (Phi) is 3.22. The van der Waals surface area contributed by atoms with Crippen molar-refractivity contribution in [3.05, 3.63) is 35.4 Å². The first-order valence-corrected chi connectivity index (χ1v) is 6.43. The third-order valence-electron chi connectivity index (χ3n) is 4.27. The van der Waals surface area contributed by atoms with E-state index < -0.39 is 17.2 Å². The van der Waals surface area contributed by atoms with E-state index in [-0.39, 0.29) is 16.9 Å². The van der Waals surface area contributed by atoms with E-state index in [9.17, 15) is 13.9 Å². The van der Waals surface area contributed by atoms with Crippen molar-refractivity contribution in [2.75, 3.05) is 0 Å². The maximum atomic E-state index is 13.9. The average Bonchev–Trinajstić information content (AvgIpc) is 2.28. The Hall–Kier alpha value is -0.960. The normalized spacial score (nSPS) is 31.3. The Morgan fingerprint density at radius 3 is 2.50 bits per heavy atom. The van der Waals surface area contributed by atoms with E-state index in [1.165, 1.54) is 12.1 Å². The average molecular weight is 254 g/mol. The lowest BCUT2D eigenvalue weighted by Gasteiger charge is -2.45. The second kappa shape index (κ2) is 4.30. The van der Waals surface area contributed by atoms with Gasteiger partial charge in [-0.1, -0.05) is 32.9 Å². The van der Waals surface area contributed by atoms with Crippen LogP contribution in [0.15, 0.2) is 18.2 Å². The maximum Gasteiger partial charge on any atom is 0.164 e. The zero-order valence-corrected chi connectivity index (χ0v) is 11.1. The van der Waals surface area contributed by atoms with Crippen molar-refractivity contribution in [1.82, 2.24) is 0 Å². The van der Waals surface area contributed by atoms with Crippen LogP contribution < -0.4 is 0 Å². The number of halogens is 2. The minimum atomic E-state index is -1.25. The molecule has 18 heavy (non-hydrogen) atoms. The molecule has 0 aromatic heterocycles. The summed E-state index contributed by atoms with van der Waals surface area (Å²) < 4.78 is 27.2. The first-order chi connectivity index (χ1) is 8.26. The summed E-state index contributed by atoms with van der Waals surface area (Å²) >= 11 is 0. The molecule has 1 aromatic rings. The Bertz CT molecular complexity index is 456. The molecular formula is C15H20F2O. The molecule has 1 nitrogen and oxygen atoms in total. The molecule has 1 fully saturated rings. The standard InChI is InChI=1S/C15H20F2O/c1-10-9-14(2,3)7-8-15(10,18)11-5-4-6-12(16)13(11)17/h4-6,10,18H,7-9H2,1-3H3. The van der Waals surface area contributed by atoms with Gasteiger partial charge in [0.05, 0.1) is 5.60 Å². The maximum absolute atomic E-state index is 13.9.